The van der Waals surface area contributed by atoms with Gasteiger partial charge in [0, 0.05) is 11.3 Å². The predicted molar refractivity (Wildman–Crippen MR) is 77.7 cm³/mol. The molecule has 1 aromatic heterocycles. The summed E-state index contributed by atoms with van der Waals surface area (Å²) in [5, 5.41) is 9.08. The predicted octanol–water partition coefficient (Wildman–Crippen LogP) is 3.51. The number of carbonyl (C=O) groups is 1. The van der Waals surface area contributed by atoms with E-state index in [1.165, 1.54) is 17.8 Å². The second-order valence-corrected chi connectivity index (χ2v) is 6.07. The number of alkyl halides is 3. The Bertz CT molecular complexity index is 726. The lowest BCUT2D eigenvalue weighted by Crippen LogP contribution is -2.12. The highest BCUT2D eigenvalue weighted by Crippen LogP contribution is 2.43. The lowest BCUT2D eigenvalue weighted by atomic mass is 10.0. The minimum atomic E-state index is -4.40. The van der Waals surface area contributed by atoms with Crippen molar-refractivity contribution in [2.24, 2.45) is 0 Å². The number of aromatic nitrogens is 2. The molecule has 2 aromatic rings. The van der Waals surface area contributed by atoms with Gasteiger partial charge in [0.1, 0.15) is 0 Å². The van der Waals surface area contributed by atoms with Gasteiger partial charge in [0.15, 0.2) is 5.82 Å². The lowest BCUT2D eigenvalue weighted by Gasteiger charge is -2.17. The highest BCUT2D eigenvalue weighted by Gasteiger charge is 2.33. The molecule has 1 aliphatic heterocycles. The Balaban J connectivity index is 2.08. The zero-order chi connectivity index (χ0) is 15.9. The van der Waals surface area contributed by atoms with Gasteiger partial charge in [-0.25, -0.2) is 0 Å². The number of anilines is 1. The second-order valence-electron chi connectivity index (χ2n) is 4.97. The molecule has 2 N–H and O–H groups in total. The largest absolute Gasteiger partial charge is 0.416 e. The maximum atomic E-state index is 12.9. The fraction of sp³-hybridized carbons (Fsp3) is 0.286. The first-order valence-corrected chi connectivity index (χ1v) is 7.54. The van der Waals surface area contributed by atoms with Crippen LogP contribution in [0.2, 0.25) is 0 Å². The summed E-state index contributed by atoms with van der Waals surface area (Å²) in [4.78, 5) is 11.7. The van der Waals surface area contributed by atoms with Crippen LogP contribution in [0.5, 0.6) is 0 Å². The number of aryl methyl sites for hydroxylation is 1. The fourth-order valence-corrected chi connectivity index (χ4v) is 3.59. The molecular formula is C14H12F3N3OS. The van der Waals surface area contributed by atoms with Gasteiger partial charge in [-0.3, -0.25) is 9.89 Å². The SMILES string of the molecule is Cc1[nH]nc2c1C(c1cccc(C(F)(F)F)c1)SCC(=O)N2. The standard InChI is InChI=1S/C14H12F3N3OS/c1-7-11-12(22-6-10(21)18-13(11)20-19-7)8-3-2-4-9(5-8)14(15,16)17/h2-5,12H,6H2,1H3,(H2,18,19,20,21). The summed E-state index contributed by atoms with van der Waals surface area (Å²) in [6.07, 6.45) is -4.40. The zero-order valence-corrected chi connectivity index (χ0v) is 12.3. The van der Waals surface area contributed by atoms with Crippen molar-refractivity contribution in [1.29, 1.82) is 0 Å². The van der Waals surface area contributed by atoms with Gasteiger partial charge in [0.2, 0.25) is 5.91 Å². The third-order valence-electron chi connectivity index (χ3n) is 3.41. The van der Waals surface area contributed by atoms with E-state index in [4.69, 9.17) is 0 Å². The summed E-state index contributed by atoms with van der Waals surface area (Å²) in [5.41, 5.74) is 1.25. The first-order chi connectivity index (χ1) is 10.4. The number of thioether (sulfide) groups is 1. The molecule has 0 bridgehead atoms. The molecule has 1 amide bonds. The molecule has 116 valence electrons. The molecule has 0 spiro atoms. The molecule has 2 heterocycles. The Kier molecular flexibility index (Phi) is 3.64. The Hall–Kier alpha value is -1.96. The van der Waals surface area contributed by atoms with Gasteiger partial charge in [-0.1, -0.05) is 18.2 Å². The number of carbonyl (C=O) groups excluding carboxylic acids is 1. The number of benzene rings is 1. The number of aromatic amines is 1. The normalized spacial score (nSPS) is 18.5. The maximum Gasteiger partial charge on any atom is 0.416 e. The number of amides is 1. The molecule has 1 unspecified atom stereocenters. The van der Waals surface area contributed by atoms with Gasteiger partial charge in [0.25, 0.3) is 0 Å². The molecule has 8 heteroatoms. The summed E-state index contributed by atoms with van der Waals surface area (Å²) in [7, 11) is 0. The van der Waals surface area contributed by atoms with Gasteiger partial charge in [-0.15, -0.1) is 11.8 Å². The van der Waals surface area contributed by atoms with E-state index in [0.717, 1.165) is 23.4 Å². The first kappa shape index (κ1) is 15.0. The van der Waals surface area contributed by atoms with Crippen LogP contribution in [0, 0.1) is 6.92 Å². The van der Waals surface area contributed by atoms with E-state index in [-0.39, 0.29) is 16.9 Å². The number of fused-ring (bicyclic) bond motifs is 1. The Morgan fingerprint density at radius 2 is 2.14 bits per heavy atom. The lowest BCUT2D eigenvalue weighted by molar-refractivity contribution is -0.137. The zero-order valence-electron chi connectivity index (χ0n) is 11.5. The Morgan fingerprint density at radius 1 is 1.36 bits per heavy atom. The van der Waals surface area contributed by atoms with Gasteiger partial charge in [-0.2, -0.15) is 18.3 Å². The molecular weight excluding hydrogens is 315 g/mol. The van der Waals surface area contributed by atoms with Crippen LogP contribution in [0.25, 0.3) is 0 Å². The molecule has 1 aliphatic rings. The van der Waals surface area contributed by atoms with E-state index < -0.39 is 11.7 Å². The summed E-state index contributed by atoms with van der Waals surface area (Å²) in [6.45, 7) is 1.78. The Morgan fingerprint density at radius 3 is 2.86 bits per heavy atom. The van der Waals surface area contributed by atoms with Gasteiger partial charge >= 0.3 is 6.18 Å². The van der Waals surface area contributed by atoms with Crippen LogP contribution in [0.15, 0.2) is 24.3 Å². The van der Waals surface area contributed by atoms with Crippen molar-refractivity contribution >= 4 is 23.5 Å². The summed E-state index contributed by atoms with van der Waals surface area (Å²) in [5.74, 6) is 0.332. The smallest absolute Gasteiger partial charge is 0.308 e. The summed E-state index contributed by atoms with van der Waals surface area (Å²) >= 11 is 1.29. The number of hydrogen-bond donors (Lipinski definition) is 2. The van der Waals surface area contributed by atoms with Gasteiger partial charge in [0.05, 0.1) is 16.6 Å². The van der Waals surface area contributed by atoms with E-state index in [1.54, 1.807) is 13.0 Å². The van der Waals surface area contributed by atoms with Crippen LogP contribution < -0.4 is 5.32 Å². The van der Waals surface area contributed by atoms with Gasteiger partial charge < -0.3 is 5.32 Å². The average Bonchev–Trinajstić information content (AvgIpc) is 2.71. The van der Waals surface area contributed by atoms with Crippen LogP contribution in [0.1, 0.15) is 27.6 Å². The third kappa shape index (κ3) is 2.70. The number of rotatable bonds is 1. The maximum absolute atomic E-state index is 12.9. The van der Waals surface area contributed by atoms with Crippen LogP contribution >= 0.6 is 11.8 Å². The van der Waals surface area contributed by atoms with Crippen molar-refractivity contribution in [2.45, 2.75) is 18.3 Å². The van der Waals surface area contributed by atoms with Crippen molar-refractivity contribution in [3.63, 3.8) is 0 Å². The fourth-order valence-electron chi connectivity index (χ4n) is 2.41. The van der Waals surface area contributed by atoms with E-state index in [1.807, 2.05) is 0 Å². The van der Waals surface area contributed by atoms with E-state index in [9.17, 15) is 18.0 Å². The second kappa shape index (κ2) is 5.35. The molecule has 0 saturated carbocycles. The molecule has 22 heavy (non-hydrogen) atoms. The number of H-pyrrole nitrogens is 1. The number of nitrogens with zero attached hydrogens (tertiary/aromatic N) is 1. The van der Waals surface area contributed by atoms with Crippen molar-refractivity contribution in [2.75, 3.05) is 11.1 Å². The highest BCUT2D eigenvalue weighted by atomic mass is 32.2. The minimum absolute atomic E-state index is 0.163. The highest BCUT2D eigenvalue weighted by molar-refractivity contribution is 8.00. The van der Waals surface area contributed by atoms with Gasteiger partial charge in [-0.05, 0) is 18.6 Å². The van der Waals surface area contributed by atoms with Crippen molar-refractivity contribution in [3.8, 4) is 0 Å². The summed E-state index contributed by atoms with van der Waals surface area (Å²) in [6, 6.07) is 5.19. The molecule has 0 saturated heterocycles. The molecule has 0 aliphatic carbocycles. The third-order valence-corrected chi connectivity index (χ3v) is 4.68. The molecule has 4 nitrogen and oxygen atoms in total. The number of halogens is 3. The van der Waals surface area contributed by atoms with Crippen molar-refractivity contribution in [1.82, 2.24) is 10.2 Å². The molecule has 1 atom stereocenters. The monoisotopic (exact) mass is 327 g/mol. The molecule has 0 fully saturated rings. The van der Waals surface area contributed by atoms with Crippen LogP contribution in [0.4, 0.5) is 19.0 Å². The first-order valence-electron chi connectivity index (χ1n) is 6.49. The van der Waals surface area contributed by atoms with Crippen LogP contribution in [-0.4, -0.2) is 21.9 Å². The van der Waals surface area contributed by atoms with Crippen LogP contribution in [-0.2, 0) is 11.0 Å². The molecule has 0 radical (unpaired) electrons. The minimum Gasteiger partial charge on any atom is -0.308 e. The summed E-state index contributed by atoms with van der Waals surface area (Å²) < 4.78 is 38.7. The topological polar surface area (TPSA) is 57.8 Å². The van der Waals surface area contributed by atoms with E-state index in [0.29, 0.717) is 11.4 Å². The average molecular weight is 327 g/mol. The number of nitrogens with one attached hydrogen (secondary N) is 2. The van der Waals surface area contributed by atoms with E-state index in [2.05, 4.69) is 15.5 Å². The van der Waals surface area contributed by atoms with Crippen molar-refractivity contribution in [3.05, 3.63) is 46.6 Å². The van der Waals surface area contributed by atoms with Crippen molar-refractivity contribution < 1.29 is 18.0 Å². The number of hydrogen-bond acceptors (Lipinski definition) is 3. The quantitative estimate of drug-likeness (QED) is 0.843. The van der Waals surface area contributed by atoms with E-state index >= 15 is 0 Å². The Labute approximate surface area is 128 Å². The van der Waals surface area contributed by atoms with Crippen LogP contribution in [0.3, 0.4) is 0 Å². The molecule has 1 aromatic carbocycles. The molecule has 3 rings (SSSR count).